The first kappa shape index (κ1) is 9.92. The van der Waals surface area contributed by atoms with Crippen LogP contribution in [0.2, 0.25) is 0 Å². The van der Waals surface area contributed by atoms with Crippen molar-refractivity contribution in [1.29, 1.82) is 0 Å². The standard InChI is InChI=1S/CH2ClO.2Mg/c2-1-3;;/h1H2;;/q-1;;+1. The molecule has 1 nitrogen and oxygen atoms in total. The normalized spacial score (nSPS) is 5.60. The third-order valence-corrected chi connectivity index (χ3v) is 0.694. The molecule has 0 aromatic carbocycles. The van der Waals surface area contributed by atoms with Gasteiger partial charge < -0.3 is 3.17 Å². The van der Waals surface area contributed by atoms with Gasteiger partial charge in [0.1, 0.15) is 0 Å². The predicted octanol–water partition coefficient (Wildman–Crippen LogP) is -0.0980. The van der Waals surface area contributed by atoms with Crippen LogP contribution < -0.4 is 0 Å². The molecule has 0 saturated carbocycles. The first-order valence-corrected chi connectivity index (χ1v) is 1.96. The van der Waals surface area contributed by atoms with Crippen LogP contribution in [0.15, 0.2) is 0 Å². The Bertz CT molecular complexity index is 11.6. The zero-order chi connectivity index (χ0) is 3.41. The molecule has 0 aliphatic carbocycles. The summed E-state index contributed by atoms with van der Waals surface area (Å²) in [6, 6.07) is 0.304. The predicted molar refractivity (Wildman–Crippen MR) is 23.3 cm³/mol. The molecule has 0 N–H and O–H groups in total. The lowest BCUT2D eigenvalue weighted by molar-refractivity contribution is 0.430. The van der Waals surface area contributed by atoms with E-state index >= 15 is 0 Å². The van der Waals surface area contributed by atoms with Crippen LogP contribution in [0.5, 0.6) is 0 Å². The Morgan fingerprint density at radius 2 is 2.00 bits per heavy atom. The van der Waals surface area contributed by atoms with Gasteiger partial charge in [-0.25, -0.2) is 0 Å². The van der Waals surface area contributed by atoms with Crippen molar-refractivity contribution in [2.75, 3.05) is 6.07 Å². The van der Waals surface area contributed by atoms with Gasteiger partial charge in [0.05, 0.1) is 6.07 Å². The van der Waals surface area contributed by atoms with Gasteiger partial charge in [-0.15, -0.1) is 0 Å². The highest BCUT2D eigenvalue weighted by Crippen LogP contribution is 1.65. The molecule has 0 aromatic heterocycles. The van der Waals surface area contributed by atoms with Gasteiger partial charge in [0.15, 0.2) is 0 Å². The highest BCUT2D eigenvalue weighted by Gasteiger charge is 1.54. The van der Waals surface area contributed by atoms with Crippen LogP contribution in [0, 0.1) is 0 Å². The minimum absolute atomic E-state index is 0. The maximum atomic E-state index is 4.97. The average Bonchev–Trinajstić information content (AvgIpc) is 1.37. The van der Waals surface area contributed by atoms with E-state index < -0.39 is 0 Å². The van der Waals surface area contributed by atoms with E-state index in [1.54, 1.807) is 0 Å². The molecule has 0 spiro atoms. The SMILES string of the molecule is [Mg].[Mg][O]CCl. The van der Waals surface area contributed by atoms with Crippen molar-refractivity contribution in [2.24, 2.45) is 0 Å². The van der Waals surface area contributed by atoms with Gasteiger partial charge in [-0.1, -0.05) is 11.6 Å². The molecule has 0 heterocycles. The molecule has 0 unspecified atom stereocenters. The Hall–Kier alpha value is 1.78. The molecule has 0 rings (SSSR count). The molecule has 5 heavy (non-hydrogen) atoms. The molecule has 0 saturated heterocycles. The van der Waals surface area contributed by atoms with Crippen LogP contribution in [0.25, 0.3) is 0 Å². The summed E-state index contributed by atoms with van der Waals surface area (Å²) in [6.07, 6.45) is 0. The first-order valence-electron chi connectivity index (χ1n) is 0.845. The minimum Gasteiger partial charge on any atom is -0.574 e. The molecule has 0 amide bonds. The third-order valence-electron chi connectivity index (χ3n) is 0.0772. The van der Waals surface area contributed by atoms with Crippen LogP contribution in [-0.4, -0.2) is 51.2 Å². The zero-order valence-electron chi connectivity index (χ0n) is 2.91. The number of hydrogen-bond donors (Lipinski definition) is 0. The van der Waals surface area contributed by atoms with Crippen molar-refractivity contribution in [3.8, 4) is 0 Å². The van der Waals surface area contributed by atoms with Crippen molar-refractivity contribution in [1.82, 2.24) is 0 Å². The Kier molecular flexibility index (Phi) is 18.3. The molecule has 23 valence electrons. The second-order valence-electron chi connectivity index (χ2n) is 0.313. The van der Waals surface area contributed by atoms with Crippen LogP contribution in [-0.2, 0) is 3.17 Å². The topological polar surface area (TPSA) is 9.23 Å². The third kappa shape index (κ3) is 10.7. The van der Waals surface area contributed by atoms with Crippen molar-refractivity contribution in [3.63, 3.8) is 0 Å². The fraction of sp³-hybridized carbons (Fsp3) is 1.00. The van der Waals surface area contributed by atoms with Gasteiger partial charge in [0.25, 0.3) is 0 Å². The second-order valence-corrected chi connectivity index (χ2v) is 0.940. The van der Waals surface area contributed by atoms with Crippen LogP contribution >= 0.6 is 11.6 Å². The Labute approximate surface area is 65.5 Å². The maximum absolute atomic E-state index is 4.97. The quantitative estimate of drug-likeness (QED) is 0.341. The van der Waals surface area contributed by atoms with E-state index in [0.717, 1.165) is 0 Å². The second kappa shape index (κ2) is 9.24. The highest BCUT2D eigenvalue weighted by molar-refractivity contribution is 6.18. The molecule has 0 fully saturated rings. The summed E-state index contributed by atoms with van der Waals surface area (Å²) in [5.74, 6) is 0. The number of hydrogen-bond acceptors (Lipinski definition) is 1. The zero-order valence-corrected chi connectivity index (χ0v) is 6.49. The van der Waals surface area contributed by atoms with E-state index in [-0.39, 0.29) is 23.1 Å². The molecule has 0 aliphatic heterocycles. The number of halogens is 1. The Balaban J connectivity index is 0. The van der Waals surface area contributed by atoms with Gasteiger partial charge in [0.2, 0.25) is 0 Å². The van der Waals surface area contributed by atoms with Crippen LogP contribution in [0.3, 0.4) is 0 Å². The summed E-state index contributed by atoms with van der Waals surface area (Å²) in [4.78, 5) is 0. The lowest BCUT2D eigenvalue weighted by atomic mass is 11.7. The van der Waals surface area contributed by atoms with Gasteiger partial charge in [-0.3, -0.25) is 0 Å². The van der Waals surface area contributed by atoms with E-state index in [4.69, 9.17) is 11.6 Å². The highest BCUT2D eigenvalue weighted by atomic mass is 35.5. The molecular formula is CH2ClMg2O. The maximum Gasteiger partial charge on any atom is 0.454 e. The fourth-order valence-electron chi connectivity index (χ4n) is 0. The van der Waals surface area contributed by atoms with Gasteiger partial charge in [-0.2, -0.15) is 0 Å². The largest absolute Gasteiger partial charge is 0.574 e. The van der Waals surface area contributed by atoms with Crippen molar-refractivity contribution < 1.29 is 3.17 Å². The summed E-state index contributed by atoms with van der Waals surface area (Å²) < 4.78 is 4.33. The van der Waals surface area contributed by atoms with E-state index in [0.29, 0.717) is 6.07 Å². The van der Waals surface area contributed by atoms with E-state index in [2.05, 4.69) is 3.17 Å². The summed E-state index contributed by atoms with van der Waals surface area (Å²) in [7, 11) is 0. The molecule has 3 radical (unpaired) electrons. The van der Waals surface area contributed by atoms with E-state index in [1.165, 1.54) is 22.1 Å². The summed E-state index contributed by atoms with van der Waals surface area (Å²) in [6.45, 7) is 0. The van der Waals surface area contributed by atoms with Gasteiger partial charge >= 0.3 is 22.1 Å². The monoisotopic (exact) mass is 113 g/mol. The molecule has 0 bridgehead atoms. The van der Waals surface area contributed by atoms with Crippen LogP contribution in [0.4, 0.5) is 0 Å². The molecule has 4 heteroatoms. The lowest BCUT2D eigenvalue weighted by Crippen LogP contribution is -1.72. The van der Waals surface area contributed by atoms with E-state index in [1.807, 2.05) is 0 Å². The Morgan fingerprint density at radius 3 is 2.00 bits per heavy atom. The lowest BCUT2D eigenvalue weighted by Gasteiger charge is -1.80. The average molecular weight is 114 g/mol. The Morgan fingerprint density at radius 1 is 1.80 bits per heavy atom. The summed E-state index contributed by atoms with van der Waals surface area (Å²) in [5, 5.41) is 0. The number of alkyl halides is 1. The van der Waals surface area contributed by atoms with Crippen molar-refractivity contribution in [2.45, 2.75) is 0 Å². The molecular weight excluding hydrogens is 112 g/mol. The van der Waals surface area contributed by atoms with Gasteiger partial charge in [0, 0.05) is 23.1 Å². The minimum atomic E-state index is 0. The fourth-order valence-corrected chi connectivity index (χ4v) is 0. The van der Waals surface area contributed by atoms with Crippen molar-refractivity contribution >= 4 is 56.8 Å². The first-order chi connectivity index (χ1) is 1.91. The molecule has 0 atom stereocenters. The summed E-state index contributed by atoms with van der Waals surface area (Å²) in [5.41, 5.74) is 0. The smallest absolute Gasteiger partial charge is 0.454 e. The van der Waals surface area contributed by atoms with Gasteiger partial charge in [-0.05, 0) is 0 Å². The van der Waals surface area contributed by atoms with Crippen molar-refractivity contribution in [3.05, 3.63) is 0 Å². The van der Waals surface area contributed by atoms with E-state index in [9.17, 15) is 0 Å². The number of rotatable bonds is 1. The molecule has 0 aliphatic rings. The summed E-state index contributed by atoms with van der Waals surface area (Å²) >= 11 is 6.36. The molecule has 0 aromatic rings. The van der Waals surface area contributed by atoms with Crippen LogP contribution in [0.1, 0.15) is 0 Å².